The van der Waals surface area contributed by atoms with Gasteiger partial charge in [-0.25, -0.2) is 4.98 Å². The first-order chi connectivity index (χ1) is 19.5. The fourth-order valence-corrected chi connectivity index (χ4v) is 5.16. The van der Waals surface area contributed by atoms with E-state index < -0.39 is 5.91 Å². The van der Waals surface area contributed by atoms with E-state index in [0.29, 0.717) is 58.9 Å². The smallest absolute Gasteiger partial charge is 0.254 e. The lowest BCUT2D eigenvalue weighted by molar-refractivity contribution is -0.124. The molecule has 4 aromatic rings. The first kappa shape index (κ1) is 24.4. The third-order valence-electron chi connectivity index (χ3n) is 7.64. The highest BCUT2D eigenvalue weighted by Crippen LogP contribution is 2.27. The Labute approximate surface area is 228 Å². The molecule has 3 aliphatic rings. The number of benzene rings is 1. The molecule has 2 saturated heterocycles. The van der Waals surface area contributed by atoms with Crippen molar-refractivity contribution in [2.24, 2.45) is 0 Å². The molecule has 2 N–H and O–H groups in total. The van der Waals surface area contributed by atoms with Crippen molar-refractivity contribution in [2.45, 2.75) is 32.2 Å². The van der Waals surface area contributed by atoms with E-state index in [2.05, 4.69) is 32.5 Å². The first-order valence-electron chi connectivity index (χ1n) is 13.5. The van der Waals surface area contributed by atoms with Gasteiger partial charge < -0.3 is 15.1 Å². The predicted octanol–water partition coefficient (Wildman–Crippen LogP) is 1.25. The Morgan fingerprint density at radius 2 is 1.98 bits per heavy atom. The van der Waals surface area contributed by atoms with E-state index in [9.17, 15) is 14.4 Å². The molecule has 3 amide bonds. The van der Waals surface area contributed by atoms with Crippen LogP contribution in [0.15, 0.2) is 36.3 Å². The normalized spacial score (nSPS) is 19.2. The predicted molar refractivity (Wildman–Crippen MR) is 146 cm³/mol. The van der Waals surface area contributed by atoms with E-state index >= 15 is 0 Å². The number of imide groups is 1. The van der Waals surface area contributed by atoms with Crippen LogP contribution in [0.25, 0.3) is 28.7 Å². The zero-order valence-electron chi connectivity index (χ0n) is 22.0. The van der Waals surface area contributed by atoms with Gasteiger partial charge in [-0.2, -0.15) is 19.6 Å². The molecule has 0 bridgehead atoms. The molecule has 13 nitrogen and oxygen atoms in total. The van der Waals surface area contributed by atoms with Crippen LogP contribution in [0, 0.1) is 0 Å². The molecule has 3 fully saturated rings. The molecule has 7 rings (SSSR count). The molecule has 1 aliphatic carbocycles. The van der Waals surface area contributed by atoms with Crippen LogP contribution in [0.1, 0.15) is 42.1 Å². The topological polar surface area (TPSA) is 143 Å². The molecule has 13 heteroatoms. The first-order valence-corrected chi connectivity index (χ1v) is 13.5. The van der Waals surface area contributed by atoms with Crippen molar-refractivity contribution in [1.29, 1.82) is 0 Å². The summed E-state index contributed by atoms with van der Waals surface area (Å²) in [6.45, 7) is 6.31. The lowest BCUT2D eigenvalue weighted by Gasteiger charge is -2.34. The molecule has 1 saturated carbocycles. The van der Waals surface area contributed by atoms with Gasteiger partial charge in [0.25, 0.3) is 11.8 Å². The van der Waals surface area contributed by atoms with Crippen molar-refractivity contribution in [3.05, 3.63) is 47.4 Å². The molecular formula is C27H28N10O3. The van der Waals surface area contributed by atoms with Gasteiger partial charge >= 0.3 is 0 Å². The Morgan fingerprint density at radius 1 is 1.15 bits per heavy atom. The number of anilines is 1. The summed E-state index contributed by atoms with van der Waals surface area (Å²) in [6, 6.07) is 5.81. The minimum Gasteiger partial charge on any atom is -0.351 e. The van der Waals surface area contributed by atoms with Gasteiger partial charge in [0.05, 0.1) is 23.7 Å². The second-order valence-electron chi connectivity index (χ2n) is 10.4. The summed E-state index contributed by atoms with van der Waals surface area (Å²) >= 11 is 0. The summed E-state index contributed by atoms with van der Waals surface area (Å²) < 4.78 is 3.38. The summed E-state index contributed by atoms with van der Waals surface area (Å²) in [5.74, 6) is 0.171. The second-order valence-corrected chi connectivity index (χ2v) is 10.4. The quantitative estimate of drug-likeness (QED) is 0.273. The minimum absolute atomic E-state index is 0.00663. The minimum atomic E-state index is -0.409. The van der Waals surface area contributed by atoms with Crippen molar-refractivity contribution < 1.29 is 14.4 Å². The molecular weight excluding hydrogens is 512 g/mol. The van der Waals surface area contributed by atoms with E-state index in [1.807, 2.05) is 23.1 Å². The van der Waals surface area contributed by atoms with Crippen molar-refractivity contribution in [3.8, 4) is 5.95 Å². The van der Waals surface area contributed by atoms with Gasteiger partial charge in [0.2, 0.25) is 17.8 Å². The number of hydrogen-bond acceptors (Lipinski definition) is 9. The molecule has 2 aliphatic heterocycles. The summed E-state index contributed by atoms with van der Waals surface area (Å²) in [4.78, 5) is 55.4. The van der Waals surface area contributed by atoms with E-state index in [1.165, 1.54) is 0 Å². The standard InChI is InChI=1S/C27H28N10O3/c1-2-34-7-9-35(10-8-34)25(40)16-3-6-21-20(12-16)28-15-36(21)26-32-23-18(11-17-13-22(38)31-24(17)39)14-29-37(23)27(33-26)30-19-4-5-19/h3,6,11-12,14-15,19H,2,4-5,7-10,13H2,1H3,(H,30,32,33)(H,31,38,39). The number of carbonyl (C=O) groups is 3. The lowest BCUT2D eigenvalue weighted by Crippen LogP contribution is -2.48. The van der Waals surface area contributed by atoms with Gasteiger partial charge in [0, 0.05) is 48.9 Å². The Hall–Kier alpha value is -4.65. The second kappa shape index (κ2) is 9.52. The number of nitrogens with one attached hydrogen (secondary N) is 2. The molecule has 3 aromatic heterocycles. The average molecular weight is 541 g/mol. The van der Waals surface area contributed by atoms with Gasteiger partial charge in [-0.05, 0) is 43.7 Å². The Kier molecular flexibility index (Phi) is 5.81. The van der Waals surface area contributed by atoms with Crippen LogP contribution in [0.2, 0.25) is 0 Å². The molecule has 40 heavy (non-hydrogen) atoms. The number of nitrogens with zero attached hydrogens (tertiary/aromatic N) is 8. The van der Waals surface area contributed by atoms with Crippen LogP contribution in [-0.2, 0) is 9.59 Å². The molecule has 0 radical (unpaired) electrons. The van der Waals surface area contributed by atoms with Gasteiger partial charge in [0.1, 0.15) is 6.33 Å². The van der Waals surface area contributed by atoms with Crippen LogP contribution >= 0.6 is 0 Å². The number of carbonyl (C=O) groups excluding carboxylic acids is 3. The Bertz CT molecular complexity index is 1710. The van der Waals surface area contributed by atoms with Gasteiger partial charge in [-0.3, -0.25) is 24.3 Å². The zero-order valence-corrected chi connectivity index (χ0v) is 22.0. The van der Waals surface area contributed by atoms with Gasteiger partial charge in [-0.15, -0.1) is 0 Å². The van der Waals surface area contributed by atoms with E-state index in [1.54, 1.807) is 27.7 Å². The molecule has 0 unspecified atom stereocenters. The Balaban J connectivity index is 1.25. The van der Waals surface area contributed by atoms with Crippen LogP contribution in [0.3, 0.4) is 0 Å². The highest BCUT2D eigenvalue weighted by molar-refractivity contribution is 6.15. The average Bonchev–Trinajstić information content (AvgIpc) is 3.39. The maximum atomic E-state index is 13.2. The monoisotopic (exact) mass is 540 g/mol. The van der Waals surface area contributed by atoms with E-state index in [4.69, 9.17) is 9.97 Å². The number of hydrogen-bond donors (Lipinski definition) is 2. The van der Waals surface area contributed by atoms with Gasteiger partial charge in [-0.1, -0.05) is 6.92 Å². The van der Waals surface area contributed by atoms with Crippen LogP contribution in [-0.4, -0.2) is 95.4 Å². The van der Waals surface area contributed by atoms with Crippen molar-refractivity contribution in [3.63, 3.8) is 0 Å². The van der Waals surface area contributed by atoms with Crippen molar-refractivity contribution >= 4 is 46.4 Å². The van der Waals surface area contributed by atoms with Crippen molar-refractivity contribution in [1.82, 2.24) is 44.2 Å². The van der Waals surface area contributed by atoms with Crippen molar-refractivity contribution in [2.75, 3.05) is 38.0 Å². The summed E-state index contributed by atoms with van der Waals surface area (Å²) in [7, 11) is 0. The molecule has 0 atom stereocenters. The fourth-order valence-electron chi connectivity index (χ4n) is 5.16. The van der Waals surface area contributed by atoms with Crippen LogP contribution in [0.4, 0.5) is 5.95 Å². The third-order valence-corrected chi connectivity index (χ3v) is 7.64. The van der Waals surface area contributed by atoms with Crippen LogP contribution in [0.5, 0.6) is 0 Å². The maximum Gasteiger partial charge on any atom is 0.254 e. The maximum absolute atomic E-state index is 13.2. The van der Waals surface area contributed by atoms with E-state index in [-0.39, 0.29) is 18.2 Å². The van der Waals surface area contributed by atoms with Crippen LogP contribution < -0.4 is 10.6 Å². The fraction of sp³-hybridized carbons (Fsp3) is 0.370. The summed E-state index contributed by atoms with van der Waals surface area (Å²) in [6.07, 6.45) is 6.99. The highest BCUT2D eigenvalue weighted by atomic mass is 16.2. The zero-order chi connectivity index (χ0) is 27.4. The molecule has 1 aromatic carbocycles. The number of amides is 3. The highest BCUT2D eigenvalue weighted by Gasteiger charge is 2.27. The Morgan fingerprint density at radius 3 is 2.70 bits per heavy atom. The molecule has 0 spiro atoms. The SMILES string of the molecule is CCN1CCN(C(=O)c2ccc3c(c2)ncn3-c2nc(NC3CC3)n3ncc(C=C4CC(=O)NC4=O)c3n2)CC1. The number of piperazine rings is 1. The number of imidazole rings is 1. The van der Waals surface area contributed by atoms with E-state index in [0.717, 1.165) is 38.0 Å². The molecule has 5 heterocycles. The number of likely N-dealkylation sites (N-methyl/N-ethyl adjacent to an activating group) is 1. The summed E-state index contributed by atoms with van der Waals surface area (Å²) in [5.41, 5.74) is 3.47. The number of aromatic nitrogens is 6. The third kappa shape index (κ3) is 4.37. The largest absolute Gasteiger partial charge is 0.351 e. The lowest BCUT2D eigenvalue weighted by atomic mass is 10.1. The summed E-state index contributed by atoms with van der Waals surface area (Å²) in [5, 5.41) is 10.2. The number of fused-ring (bicyclic) bond motifs is 2. The molecule has 204 valence electrons. The van der Waals surface area contributed by atoms with Gasteiger partial charge in [0.15, 0.2) is 5.65 Å². The number of rotatable bonds is 6.